The normalized spacial score (nSPS) is 13.4. The number of H-pyrrole nitrogens is 1. The highest BCUT2D eigenvalue weighted by molar-refractivity contribution is 5.73. The molecule has 0 saturated carbocycles. The van der Waals surface area contributed by atoms with Crippen molar-refractivity contribution in [3.8, 4) is 0 Å². The van der Waals surface area contributed by atoms with Crippen LogP contribution in [0.5, 0.6) is 0 Å². The first kappa shape index (κ1) is 20.6. The van der Waals surface area contributed by atoms with Gasteiger partial charge in [0.05, 0.1) is 12.7 Å². The van der Waals surface area contributed by atoms with Crippen molar-refractivity contribution in [2.45, 2.75) is 50.7 Å². The minimum Gasteiger partial charge on any atom is -0.480 e. The number of pyridine rings is 1. The molecular formula is C17H27N6O4+. The molecule has 0 saturated heterocycles. The van der Waals surface area contributed by atoms with E-state index in [1.807, 2.05) is 22.9 Å². The molecule has 8 N–H and O–H groups in total. The van der Waals surface area contributed by atoms with Crippen LogP contribution in [0.15, 0.2) is 18.3 Å². The van der Waals surface area contributed by atoms with Crippen molar-refractivity contribution in [3.05, 3.63) is 18.3 Å². The Labute approximate surface area is 156 Å². The van der Waals surface area contributed by atoms with E-state index < -0.39 is 24.0 Å². The van der Waals surface area contributed by atoms with Gasteiger partial charge < -0.3 is 27.0 Å². The number of nitrogens with two attached hydrogens (primary N) is 2. The summed E-state index contributed by atoms with van der Waals surface area (Å²) in [5.74, 6) is -1.36. The van der Waals surface area contributed by atoms with Crippen LogP contribution in [0.25, 0.3) is 11.2 Å². The maximum Gasteiger partial charge on any atom is 0.351 e. The van der Waals surface area contributed by atoms with E-state index in [2.05, 4.69) is 15.3 Å². The summed E-state index contributed by atoms with van der Waals surface area (Å²) in [6.07, 6.45) is 4.90. The first-order chi connectivity index (χ1) is 12.9. The molecule has 2 aromatic heterocycles. The van der Waals surface area contributed by atoms with E-state index in [1.165, 1.54) is 0 Å². The second-order valence-corrected chi connectivity index (χ2v) is 6.48. The van der Waals surface area contributed by atoms with E-state index in [-0.39, 0.29) is 0 Å². The van der Waals surface area contributed by atoms with Crippen LogP contribution >= 0.6 is 0 Å². The summed E-state index contributed by atoms with van der Waals surface area (Å²) in [6.45, 7) is 1.27. The third-order valence-corrected chi connectivity index (χ3v) is 4.30. The molecule has 0 aromatic carbocycles. The van der Waals surface area contributed by atoms with Crippen LogP contribution in [0.1, 0.15) is 32.1 Å². The van der Waals surface area contributed by atoms with Gasteiger partial charge in [0.25, 0.3) is 0 Å². The first-order valence-corrected chi connectivity index (χ1v) is 8.97. The summed E-state index contributed by atoms with van der Waals surface area (Å²) in [7, 11) is 0. The lowest BCUT2D eigenvalue weighted by Crippen LogP contribution is -2.35. The van der Waals surface area contributed by atoms with Crippen molar-refractivity contribution < 1.29 is 24.4 Å². The Bertz CT molecular complexity index is 778. The van der Waals surface area contributed by atoms with Gasteiger partial charge in [-0.15, -0.1) is 0 Å². The minimum absolute atomic E-state index is 0.390. The quantitative estimate of drug-likeness (QED) is 0.221. The summed E-state index contributed by atoms with van der Waals surface area (Å²) < 4.78 is 2.00. The third-order valence-electron chi connectivity index (χ3n) is 4.30. The Hall–Kier alpha value is -2.72. The van der Waals surface area contributed by atoms with Gasteiger partial charge in [-0.1, -0.05) is 0 Å². The molecule has 0 bridgehead atoms. The van der Waals surface area contributed by atoms with Crippen LogP contribution in [0.3, 0.4) is 0 Å². The second kappa shape index (κ2) is 9.83. The standard InChI is InChI=1S/C17H26N6O4/c18-11(15(24)25)5-1-2-9-23-10-4-7-13-14(23)22-17(21-13)20-8-3-6-12(19)16(26)27/h4,7,10-12H,1-3,5-6,8-9,18-19H2,(H3,20,21,24,25,26,27)/p+1/t11-,12-/m0/s1. The predicted octanol–water partition coefficient (Wildman–Crippen LogP) is 0.0366. The fourth-order valence-corrected chi connectivity index (χ4v) is 2.71. The van der Waals surface area contributed by atoms with E-state index >= 15 is 0 Å². The number of nitrogens with zero attached hydrogens (tertiary/aromatic N) is 2. The van der Waals surface area contributed by atoms with Crippen LogP contribution in [0, 0.1) is 0 Å². The fourth-order valence-electron chi connectivity index (χ4n) is 2.71. The number of aliphatic carboxylic acids is 2. The highest BCUT2D eigenvalue weighted by atomic mass is 16.4. The van der Waals surface area contributed by atoms with Crippen LogP contribution < -0.4 is 21.4 Å². The lowest BCUT2D eigenvalue weighted by atomic mass is 10.1. The zero-order valence-corrected chi connectivity index (χ0v) is 15.1. The molecule has 0 aliphatic carbocycles. The molecule has 10 heteroatoms. The molecular weight excluding hydrogens is 352 g/mol. The number of hydrogen-bond donors (Lipinski definition) is 6. The summed E-state index contributed by atoms with van der Waals surface area (Å²) >= 11 is 0. The number of anilines is 1. The van der Waals surface area contributed by atoms with Gasteiger partial charge in [0.15, 0.2) is 0 Å². The van der Waals surface area contributed by atoms with Crippen LogP contribution in [-0.2, 0) is 16.1 Å². The topological polar surface area (TPSA) is 171 Å². The lowest BCUT2D eigenvalue weighted by molar-refractivity contribution is -0.673. The Morgan fingerprint density at radius 3 is 2.48 bits per heavy atom. The number of aryl methyl sites for hydroxylation is 1. The van der Waals surface area contributed by atoms with Crippen LogP contribution in [0.4, 0.5) is 5.95 Å². The molecule has 10 nitrogen and oxygen atoms in total. The van der Waals surface area contributed by atoms with E-state index in [9.17, 15) is 9.59 Å². The van der Waals surface area contributed by atoms with E-state index in [1.54, 1.807) is 0 Å². The zero-order chi connectivity index (χ0) is 19.8. The summed E-state index contributed by atoms with van der Waals surface area (Å²) in [5, 5.41) is 20.7. The highest BCUT2D eigenvalue weighted by Gasteiger charge is 2.16. The van der Waals surface area contributed by atoms with Gasteiger partial charge in [0.1, 0.15) is 17.6 Å². The van der Waals surface area contributed by atoms with Gasteiger partial charge in [0, 0.05) is 6.54 Å². The molecule has 2 rings (SSSR count). The number of aromatic nitrogens is 3. The number of hydrogen-bond acceptors (Lipinski definition) is 6. The molecule has 27 heavy (non-hydrogen) atoms. The van der Waals surface area contributed by atoms with Gasteiger partial charge >= 0.3 is 23.5 Å². The first-order valence-electron chi connectivity index (χ1n) is 8.97. The Morgan fingerprint density at radius 1 is 1.15 bits per heavy atom. The fraction of sp³-hybridized carbons (Fsp3) is 0.529. The lowest BCUT2D eigenvalue weighted by Gasteiger charge is -2.05. The predicted molar refractivity (Wildman–Crippen MR) is 99.1 cm³/mol. The van der Waals surface area contributed by atoms with Gasteiger partial charge in [-0.3, -0.25) is 14.6 Å². The van der Waals surface area contributed by atoms with Crippen LogP contribution in [-0.4, -0.2) is 50.7 Å². The summed E-state index contributed by atoms with van der Waals surface area (Å²) in [5.41, 5.74) is 12.7. The maximum atomic E-state index is 10.7. The Kier molecular flexibility index (Phi) is 7.50. The van der Waals surface area contributed by atoms with E-state index in [0.29, 0.717) is 38.3 Å². The molecule has 2 heterocycles. The molecule has 0 spiro atoms. The average Bonchev–Trinajstić information content (AvgIpc) is 3.05. The van der Waals surface area contributed by atoms with E-state index in [4.69, 9.17) is 21.7 Å². The molecule has 0 amide bonds. The van der Waals surface area contributed by atoms with Crippen molar-refractivity contribution in [2.75, 3.05) is 11.9 Å². The zero-order valence-electron chi connectivity index (χ0n) is 15.1. The summed E-state index contributed by atoms with van der Waals surface area (Å²) in [4.78, 5) is 29.1. The molecule has 148 valence electrons. The van der Waals surface area contributed by atoms with Crippen LogP contribution in [0.2, 0.25) is 0 Å². The second-order valence-electron chi connectivity index (χ2n) is 6.48. The Morgan fingerprint density at radius 2 is 1.81 bits per heavy atom. The van der Waals surface area contributed by atoms with Gasteiger partial charge in [-0.25, -0.2) is 4.57 Å². The number of unbranched alkanes of at least 4 members (excludes halogenated alkanes) is 1. The van der Waals surface area contributed by atoms with Crippen molar-refractivity contribution >= 4 is 29.1 Å². The highest BCUT2D eigenvalue weighted by Crippen LogP contribution is 2.11. The SMILES string of the molecule is N[C@@H](CCCC[n+]1cccc2[nH]c(NCCC[C@H](N)C(=O)O)nc21)C(=O)O. The average molecular weight is 379 g/mol. The molecule has 2 aromatic rings. The number of carboxylic acid groups (broad SMARTS) is 2. The van der Waals surface area contributed by atoms with Gasteiger partial charge in [-0.05, 0) is 49.2 Å². The monoisotopic (exact) mass is 379 g/mol. The smallest absolute Gasteiger partial charge is 0.351 e. The van der Waals surface area contributed by atoms with E-state index in [0.717, 1.165) is 24.0 Å². The number of rotatable bonds is 12. The molecule has 0 aliphatic heterocycles. The van der Waals surface area contributed by atoms with Crippen molar-refractivity contribution in [1.82, 2.24) is 9.97 Å². The molecule has 2 atom stereocenters. The molecule has 0 aliphatic rings. The molecule has 0 unspecified atom stereocenters. The third kappa shape index (κ3) is 6.19. The van der Waals surface area contributed by atoms with Gasteiger partial charge in [0.2, 0.25) is 0 Å². The maximum absolute atomic E-state index is 10.7. The minimum atomic E-state index is -0.996. The largest absolute Gasteiger partial charge is 0.480 e. The molecule has 0 radical (unpaired) electrons. The Balaban J connectivity index is 1.86. The van der Waals surface area contributed by atoms with Crippen molar-refractivity contribution in [3.63, 3.8) is 0 Å². The number of nitrogens with one attached hydrogen (secondary N) is 2. The number of imidazole rings is 1. The van der Waals surface area contributed by atoms with Crippen molar-refractivity contribution in [2.24, 2.45) is 11.5 Å². The van der Waals surface area contributed by atoms with Crippen molar-refractivity contribution in [1.29, 1.82) is 0 Å². The number of aromatic amines is 1. The summed E-state index contributed by atoms with van der Waals surface area (Å²) in [6, 6.07) is 2.17. The number of carboxylic acids is 2. The number of carbonyl (C=O) groups is 2. The number of fused-ring (bicyclic) bond motifs is 1. The van der Waals surface area contributed by atoms with Gasteiger partial charge in [-0.2, -0.15) is 0 Å². The molecule has 0 fully saturated rings.